The Morgan fingerprint density at radius 2 is 1.90 bits per heavy atom. The van der Waals surface area contributed by atoms with Crippen LogP contribution >= 0.6 is 28.3 Å². The standard InChI is InChI=1S/C14H16BrF3N2.ClH/c1-2-13(20-7-5-19-6-8-20)11-9-10(14(16,17)18)3-4-12(11)15;/h2-4,9,13,19H,1,5-8H2;1H/t13-;/m1./s1. The van der Waals surface area contributed by atoms with Crippen molar-refractivity contribution in [3.63, 3.8) is 0 Å². The zero-order valence-corrected chi connectivity index (χ0v) is 13.7. The topological polar surface area (TPSA) is 15.3 Å². The number of benzene rings is 1. The number of piperazine rings is 1. The lowest BCUT2D eigenvalue weighted by Gasteiger charge is -2.34. The van der Waals surface area contributed by atoms with E-state index in [0.717, 1.165) is 32.2 Å². The predicted octanol–water partition coefficient (Wildman–Crippen LogP) is 4.02. The monoisotopic (exact) mass is 384 g/mol. The quantitative estimate of drug-likeness (QED) is 0.791. The Kier molecular flexibility index (Phi) is 6.71. The van der Waals surface area contributed by atoms with Crippen LogP contribution in [0.15, 0.2) is 35.3 Å². The number of hydrogen-bond donors (Lipinski definition) is 1. The Labute approximate surface area is 136 Å². The average Bonchev–Trinajstić information content (AvgIpc) is 2.41. The molecule has 0 bridgehead atoms. The molecule has 0 unspecified atom stereocenters. The van der Waals surface area contributed by atoms with E-state index in [4.69, 9.17) is 0 Å². The molecule has 1 aromatic rings. The zero-order chi connectivity index (χ0) is 14.8. The highest BCUT2D eigenvalue weighted by molar-refractivity contribution is 9.10. The second kappa shape index (κ2) is 7.63. The minimum absolute atomic E-state index is 0. The highest BCUT2D eigenvalue weighted by Gasteiger charge is 2.32. The third-order valence-corrected chi connectivity index (χ3v) is 4.13. The molecule has 21 heavy (non-hydrogen) atoms. The Hall–Kier alpha value is -0.560. The summed E-state index contributed by atoms with van der Waals surface area (Å²) in [7, 11) is 0. The summed E-state index contributed by atoms with van der Waals surface area (Å²) < 4.78 is 39.2. The van der Waals surface area contributed by atoms with E-state index in [2.05, 4.69) is 32.7 Å². The molecule has 0 radical (unpaired) electrons. The van der Waals surface area contributed by atoms with Gasteiger partial charge in [-0.25, -0.2) is 0 Å². The molecular weight excluding hydrogens is 369 g/mol. The van der Waals surface area contributed by atoms with Gasteiger partial charge in [-0.15, -0.1) is 19.0 Å². The van der Waals surface area contributed by atoms with Crippen molar-refractivity contribution in [1.29, 1.82) is 0 Å². The Balaban J connectivity index is 0.00000220. The molecule has 1 aliphatic heterocycles. The van der Waals surface area contributed by atoms with E-state index >= 15 is 0 Å². The number of alkyl halides is 3. The molecule has 1 aromatic carbocycles. The van der Waals surface area contributed by atoms with E-state index in [-0.39, 0.29) is 18.4 Å². The summed E-state index contributed by atoms with van der Waals surface area (Å²) >= 11 is 3.35. The van der Waals surface area contributed by atoms with Crippen molar-refractivity contribution in [2.45, 2.75) is 12.2 Å². The van der Waals surface area contributed by atoms with E-state index in [1.807, 2.05) is 0 Å². The number of nitrogens with one attached hydrogen (secondary N) is 1. The van der Waals surface area contributed by atoms with Gasteiger partial charge in [-0.1, -0.05) is 22.0 Å². The number of nitrogens with zero attached hydrogens (tertiary/aromatic N) is 1. The van der Waals surface area contributed by atoms with Crippen molar-refractivity contribution >= 4 is 28.3 Å². The molecule has 1 atom stereocenters. The molecule has 2 nitrogen and oxygen atoms in total. The molecule has 1 fully saturated rings. The first-order valence-electron chi connectivity index (χ1n) is 6.37. The fourth-order valence-electron chi connectivity index (χ4n) is 2.38. The molecule has 0 aromatic heterocycles. The van der Waals surface area contributed by atoms with Crippen LogP contribution in [-0.2, 0) is 6.18 Å². The minimum atomic E-state index is -4.33. The largest absolute Gasteiger partial charge is 0.416 e. The molecule has 118 valence electrons. The van der Waals surface area contributed by atoms with Gasteiger partial charge in [0.15, 0.2) is 0 Å². The van der Waals surface area contributed by atoms with Gasteiger partial charge >= 0.3 is 6.18 Å². The summed E-state index contributed by atoms with van der Waals surface area (Å²) in [6.45, 7) is 7.03. The highest BCUT2D eigenvalue weighted by Crippen LogP contribution is 2.35. The number of halogens is 5. The fraction of sp³-hybridized carbons (Fsp3) is 0.429. The van der Waals surface area contributed by atoms with Gasteiger partial charge in [0.25, 0.3) is 0 Å². The molecule has 0 spiro atoms. The van der Waals surface area contributed by atoms with Crippen molar-refractivity contribution in [1.82, 2.24) is 10.2 Å². The summed E-state index contributed by atoms with van der Waals surface area (Å²) in [6, 6.07) is 3.54. The lowest BCUT2D eigenvalue weighted by Crippen LogP contribution is -2.44. The van der Waals surface area contributed by atoms with Gasteiger partial charge in [0.1, 0.15) is 0 Å². The lowest BCUT2D eigenvalue weighted by atomic mass is 10.0. The molecule has 1 N–H and O–H groups in total. The molecule has 0 amide bonds. The molecule has 1 aliphatic rings. The molecule has 0 aliphatic carbocycles. The zero-order valence-electron chi connectivity index (χ0n) is 11.3. The van der Waals surface area contributed by atoms with Crippen LogP contribution in [0.5, 0.6) is 0 Å². The van der Waals surface area contributed by atoms with Gasteiger partial charge in [-0.2, -0.15) is 13.2 Å². The molecular formula is C14H17BrClF3N2. The van der Waals surface area contributed by atoms with E-state index in [1.165, 1.54) is 12.1 Å². The molecule has 1 heterocycles. The SMILES string of the molecule is C=C[C@H](c1cc(C(F)(F)F)ccc1Br)N1CCNCC1.Cl. The van der Waals surface area contributed by atoms with Gasteiger partial charge in [0, 0.05) is 30.7 Å². The summed E-state index contributed by atoms with van der Waals surface area (Å²) in [6.07, 6.45) is -2.63. The van der Waals surface area contributed by atoms with Crippen LogP contribution in [-0.4, -0.2) is 31.1 Å². The maximum atomic E-state index is 12.8. The predicted molar refractivity (Wildman–Crippen MR) is 83.8 cm³/mol. The molecule has 1 saturated heterocycles. The molecule has 2 rings (SSSR count). The lowest BCUT2D eigenvalue weighted by molar-refractivity contribution is -0.137. The summed E-state index contributed by atoms with van der Waals surface area (Å²) in [5, 5.41) is 3.23. The third-order valence-electron chi connectivity index (χ3n) is 3.41. The van der Waals surface area contributed by atoms with Gasteiger partial charge in [0.05, 0.1) is 11.6 Å². The third kappa shape index (κ3) is 4.45. The molecule has 0 saturated carbocycles. The summed E-state index contributed by atoms with van der Waals surface area (Å²) in [5.74, 6) is 0. The average molecular weight is 386 g/mol. The summed E-state index contributed by atoms with van der Waals surface area (Å²) in [4.78, 5) is 2.13. The molecule has 7 heteroatoms. The van der Waals surface area contributed by atoms with Crippen LogP contribution in [0.3, 0.4) is 0 Å². The van der Waals surface area contributed by atoms with Gasteiger partial charge in [-0.05, 0) is 23.8 Å². The van der Waals surface area contributed by atoms with E-state index in [0.29, 0.717) is 10.0 Å². The van der Waals surface area contributed by atoms with Crippen molar-refractivity contribution in [2.24, 2.45) is 0 Å². The van der Waals surface area contributed by atoms with Gasteiger partial charge in [-0.3, -0.25) is 4.90 Å². The Morgan fingerprint density at radius 3 is 2.43 bits per heavy atom. The smallest absolute Gasteiger partial charge is 0.314 e. The maximum Gasteiger partial charge on any atom is 0.416 e. The van der Waals surface area contributed by atoms with E-state index < -0.39 is 11.7 Å². The van der Waals surface area contributed by atoms with Crippen LogP contribution in [0.25, 0.3) is 0 Å². The second-order valence-electron chi connectivity index (χ2n) is 4.70. The van der Waals surface area contributed by atoms with Crippen LogP contribution in [0.1, 0.15) is 17.2 Å². The van der Waals surface area contributed by atoms with Crippen molar-refractivity contribution in [3.8, 4) is 0 Å². The van der Waals surface area contributed by atoms with E-state index in [9.17, 15) is 13.2 Å². The van der Waals surface area contributed by atoms with E-state index in [1.54, 1.807) is 6.08 Å². The Morgan fingerprint density at radius 1 is 1.29 bits per heavy atom. The van der Waals surface area contributed by atoms with Crippen LogP contribution in [0.4, 0.5) is 13.2 Å². The van der Waals surface area contributed by atoms with Crippen molar-refractivity contribution in [2.75, 3.05) is 26.2 Å². The van der Waals surface area contributed by atoms with Crippen LogP contribution in [0.2, 0.25) is 0 Å². The highest BCUT2D eigenvalue weighted by atomic mass is 79.9. The first kappa shape index (κ1) is 18.5. The van der Waals surface area contributed by atoms with Crippen molar-refractivity contribution < 1.29 is 13.2 Å². The van der Waals surface area contributed by atoms with Gasteiger partial charge in [0.2, 0.25) is 0 Å². The van der Waals surface area contributed by atoms with Crippen molar-refractivity contribution in [3.05, 3.63) is 46.5 Å². The number of rotatable bonds is 3. The second-order valence-corrected chi connectivity index (χ2v) is 5.55. The van der Waals surface area contributed by atoms with Crippen LogP contribution < -0.4 is 5.32 Å². The van der Waals surface area contributed by atoms with Crippen LogP contribution in [0, 0.1) is 0 Å². The first-order chi connectivity index (χ1) is 9.43. The normalized spacial score (nSPS) is 17.9. The fourth-order valence-corrected chi connectivity index (χ4v) is 2.86. The minimum Gasteiger partial charge on any atom is -0.314 e. The first-order valence-corrected chi connectivity index (χ1v) is 7.16. The Bertz CT molecular complexity index is 488. The van der Waals surface area contributed by atoms with Gasteiger partial charge < -0.3 is 5.32 Å². The number of hydrogen-bond acceptors (Lipinski definition) is 2. The maximum absolute atomic E-state index is 12.8. The summed E-state index contributed by atoms with van der Waals surface area (Å²) in [5.41, 5.74) is -0.0191.